The van der Waals surface area contributed by atoms with Crippen molar-refractivity contribution in [3.8, 4) is 17.1 Å². The number of anilines is 1. The van der Waals surface area contributed by atoms with Gasteiger partial charge in [0.1, 0.15) is 17.4 Å². The molecule has 1 unspecified atom stereocenters. The smallest absolute Gasteiger partial charge is 0.418 e. The Labute approximate surface area is 213 Å². The monoisotopic (exact) mass is 529 g/mol. The molecule has 14 heteroatoms. The Kier molecular flexibility index (Phi) is 7.32. The highest BCUT2D eigenvalue weighted by atomic mass is 19.4. The van der Waals surface area contributed by atoms with Crippen LogP contribution in [-0.4, -0.2) is 56.4 Å². The van der Waals surface area contributed by atoms with Crippen molar-refractivity contribution in [1.29, 1.82) is 0 Å². The van der Waals surface area contributed by atoms with E-state index in [1.165, 1.54) is 19.4 Å². The number of nitrogens with one attached hydrogen (secondary N) is 2. The van der Waals surface area contributed by atoms with Crippen molar-refractivity contribution in [2.45, 2.75) is 18.6 Å². The molecule has 0 aliphatic heterocycles. The molecule has 2 amide bonds. The summed E-state index contributed by atoms with van der Waals surface area (Å²) in [7, 11) is 1.28. The highest BCUT2D eigenvalue weighted by Gasteiger charge is 2.36. The fraction of sp³-hybridized carbons (Fsp3) is 0.208. The Hall–Kier alpha value is -4.88. The predicted octanol–water partition coefficient (Wildman–Crippen LogP) is 3.01. The number of fused-ring (bicyclic) bond motifs is 1. The molecule has 0 saturated heterocycles. The molecule has 4 rings (SSSR count). The number of carbonyl (C=O) groups excluding carboxylic acids is 1. The normalized spacial score (nSPS) is 12.2. The minimum Gasteiger partial charge on any atom is -0.480 e. The standard InChI is InChI=1S/C24H22F3N7O4/c1-38-22-16(21(35)29-11-15(33-23(36)37)7-13-5-3-2-4-6-13)8-14(10-30-22)18-9-17(24(25,26)27)19-20(28)31-12-32-34(18)19/h2-6,8-10,12,15,33H,7,11H2,1H3,(H,29,35)(H,36,37)(H2,28,31,32). The van der Waals surface area contributed by atoms with Gasteiger partial charge in [0.05, 0.1) is 24.4 Å². The molecule has 0 aliphatic carbocycles. The highest BCUT2D eigenvalue weighted by Crippen LogP contribution is 2.38. The molecule has 38 heavy (non-hydrogen) atoms. The zero-order chi connectivity index (χ0) is 27.4. The zero-order valence-electron chi connectivity index (χ0n) is 19.9. The molecule has 11 nitrogen and oxygen atoms in total. The second-order valence-corrected chi connectivity index (χ2v) is 8.17. The number of aromatic nitrogens is 4. The quantitative estimate of drug-likeness (QED) is 0.271. The molecule has 4 aromatic rings. The predicted molar refractivity (Wildman–Crippen MR) is 130 cm³/mol. The van der Waals surface area contributed by atoms with Crippen LogP contribution < -0.4 is 21.1 Å². The number of benzene rings is 1. The second-order valence-electron chi connectivity index (χ2n) is 8.17. The largest absolute Gasteiger partial charge is 0.480 e. The van der Waals surface area contributed by atoms with Crippen molar-refractivity contribution >= 4 is 23.3 Å². The number of rotatable bonds is 8. The van der Waals surface area contributed by atoms with Gasteiger partial charge in [0.2, 0.25) is 5.88 Å². The Morgan fingerprint density at radius 2 is 1.92 bits per heavy atom. The van der Waals surface area contributed by atoms with Crippen LogP contribution in [0.4, 0.5) is 23.8 Å². The third kappa shape index (κ3) is 5.58. The molecular formula is C24H22F3N7O4. The molecule has 1 aromatic carbocycles. The maximum absolute atomic E-state index is 13.7. The summed E-state index contributed by atoms with van der Waals surface area (Å²) in [6.45, 7) is -0.0799. The van der Waals surface area contributed by atoms with E-state index in [4.69, 9.17) is 10.5 Å². The second kappa shape index (κ2) is 10.6. The molecule has 0 radical (unpaired) electrons. The van der Waals surface area contributed by atoms with E-state index in [0.29, 0.717) is 6.42 Å². The molecule has 0 bridgehead atoms. The first-order chi connectivity index (χ1) is 18.1. The van der Waals surface area contributed by atoms with E-state index in [1.807, 2.05) is 30.3 Å². The Balaban J connectivity index is 1.65. The number of nitrogens with two attached hydrogens (primary N) is 1. The third-order valence-electron chi connectivity index (χ3n) is 5.63. The van der Waals surface area contributed by atoms with Crippen LogP contribution >= 0.6 is 0 Å². The molecule has 198 valence electrons. The Bertz CT molecular complexity index is 1480. The van der Waals surface area contributed by atoms with Crippen LogP contribution in [0.3, 0.4) is 0 Å². The Morgan fingerprint density at radius 3 is 2.58 bits per heavy atom. The summed E-state index contributed by atoms with van der Waals surface area (Å²) in [6.07, 6.45) is -3.45. The van der Waals surface area contributed by atoms with Gasteiger partial charge in [-0.15, -0.1) is 0 Å². The number of carboxylic acid groups (broad SMARTS) is 1. The van der Waals surface area contributed by atoms with Crippen LogP contribution in [0, 0.1) is 0 Å². The van der Waals surface area contributed by atoms with Crippen LogP contribution in [0.25, 0.3) is 16.8 Å². The lowest BCUT2D eigenvalue weighted by molar-refractivity contribution is -0.136. The fourth-order valence-electron chi connectivity index (χ4n) is 3.97. The molecule has 0 saturated carbocycles. The fourth-order valence-corrected chi connectivity index (χ4v) is 3.97. The van der Waals surface area contributed by atoms with Gasteiger partial charge in [-0.1, -0.05) is 30.3 Å². The number of halogens is 3. The minimum atomic E-state index is -4.74. The minimum absolute atomic E-state index is 0.0277. The summed E-state index contributed by atoms with van der Waals surface area (Å²) < 4.78 is 47.3. The first-order valence-corrected chi connectivity index (χ1v) is 11.1. The lowest BCUT2D eigenvalue weighted by Gasteiger charge is -2.18. The van der Waals surface area contributed by atoms with Crippen LogP contribution in [0.1, 0.15) is 21.5 Å². The zero-order valence-corrected chi connectivity index (χ0v) is 19.9. The van der Waals surface area contributed by atoms with Crippen LogP contribution in [0.15, 0.2) is 55.0 Å². The molecule has 3 heterocycles. The Morgan fingerprint density at radius 1 is 1.18 bits per heavy atom. The first-order valence-electron chi connectivity index (χ1n) is 11.1. The van der Waals surface area contributed by atoms with Gasteiger partial charge in [-0.25, -0.2) is 19.3 Å². The molecule has 0 spiro atoms. The molecule has 1 atom stereocenters. The maximum Gasteiger partial charge on any atom is 0.418 e. The number of ether oxygens (including phenoxy) is 1. The average Bonchev–Trinajstić information content (AvgIpc) is 3.29. The number of hydrogen-bond donors (Lipinski definition) is 4. The summed E-state index contributed by atoms with van der Waals surface area (Å²) in [5, 5.41) is 18.1. The third-order valence-corrected chi connectivity index (χ3v) is 5.63. The number of pyridine rings is 1. The molecule has 3 aromatic heterocycles. The number of nitrogen functional groups attached to an aromatic ring is 1. The van der Waals surface area contributed by atoms with Crippen molar-refractivity contribution < 1.29 is 32.6 Å². The summed E-state index contributed by atoms with van der Waals surface area (Å²) in [5.41, 5.74) is 5.10. The number of nitrogens with zero attached hydrogens (tertiary/aromatic N) is 4. The molecule has 5 N–H and O–H groups in total. The van der Waals surface area contributed by atoms with E-state index in [2.05, 4.69) is 25.7 Å². The average molecular weight is 529 g/mol. The highest BCUT2D eigenvalue weighted by molar-refractivity contribution is 5.97. The van der Waals surface area contributed by atoms with Crippen molar-refractivity contribution in [2.75, 3.05) is 19.4 Å². The van der Waals surface area contributed by atoms with E-state index in [9.17, 15) is 27.9 Å². The summed E-state index contributed by atoms with van der Waals surface area (Å²) >= 11 is 0. The van der Waals surface area contributed by atoms with Crippen LogP contribution in [0.5, 0.6) is 5.88 Å². The van der Waals surface area contributed by atoms with Gasteiger partial charge in [-0.2, -0.15) is 18.3 Å². The number of amides is 2. The van der Waals surface area contributed by atoms with Gasteiger partial charge >= 0.3 is 12.3 Å². The van der Waals surface area contributed by atoms with Gasteiger partial charge < -0.3 is 26.2 Å². The lowest BCUT2D eigenvalue weighted by atomic mass is 10.1. The lowest BCUT2D eigenvalue weighted by Crippen LogP contribution is -2.44. The van der Waals surface area contributed by atoms with E-state index in [1.54, 1.807) is 0 Å². The summed E-state index contributed by atoms with van der Waals surface area (Å²) in [5.74, 6) is -1.12. The van der Waals surface area contributed by atoms with Gasteiger partial charge in [0.15, 0.2) is 5.82 Å². The maximum atomic E-state index is 13.7. The van der Waals surface area contributed by atoms with Crippen LogP contribution in [-0.2, 0) is 12.6 Å². The van der Waals surface area contributed by atoms with Gasteiger partial charge in [-0.3, -0.25) is 4.79 Å². The SMILES string of the molecule is COc1ncc(-c2cc(C(F)(F)F)c3c(N)ncnn23)cc1C(=O)NCC(Cc1ccccc1)NC(=O)O. The molecular weight excluding hydrogens is 507 g/mol. The van der Waals surface area contributed by atoms with E-state index in [-0.39, 0.29) is 35.1 Å². The van der Waals surface area contributed by atoms with Crippen molar-refractivity contribution in [3.63, 3.8) is 0 Å². The van der Waals surface area contributed by atoms with E-state index >= 15 is 0 Å². The molecule has 0 fully saturated rings. The number of hydrogen-bond acceptors (Lipinski definition) is 7. The van der Waals surface area contributed by atoms with Gasteiger partial charge in [-0.05, 0) is 24.1 Å². The van der Waals surface area contributed by atoms with Crippen molar-refractivity contribution in [3.05, 3.63) is 71.7 Å². The van der Waals surface area contributed by atoms with Crippen molar-refractivity contribution in [1.82, 2.24) is 30.2 Å². The number of carbonyl (C=O) groups is 2. The van der Waals surface area contributed by atoms with Gasteiger partial charge in [0.25, 0.3) is 5.91 Å². The first kappa shape index (κ1) is 26.2. The number of methoxy groups -OCH3 is 1. The van der Waals surface area contributed by atoms with Crippen LogP contribution in [0.2, 0.25) is 0 Å². The van der Waals surface area contributed by atoms with E-state index < -0.39 is 35.3 Å². The number of alkyl halides is 3. The van der Waals surface area contributed by atoms with Gasteiger partial charge in [0, 0.05) is 18.3 Å². The summed E-state index contributed by atoms with van der Waals surface area (Å²) in [6, 6.07) is 10.6. The van der Waals surface area contributed by atoms with E-state index in [0.717, 1.165) is 22.5 Å². The van der Waals surface area contributed by atoms with Crippen molar-refractivity contribution in [2.24, 2.45) is 0 Å². The topological polar surface area (TPSA) is 157 Å². The molecule has 0 aliphatic rings. The summed E-state index contributed by atoms with van der Waals surface area (Å²) in [4.78, 5) is 32.1.